The zero-order valence-corrected chi connectivity index (χ0v) is 18.6. The normalized spacial score (nSPS) is 23.7. The number of carbonyl (C=O) groups is 1. The van der Waals surface area contributed by atoms with Crippen LogP contribution in [-0.2, 0) is 6.42 Å². The number of hydrogen-bond donors (Lipinski definition) is 2. The number of aliphatic hydroxyl groups excluding tert-OH is 1. The standard InChI is InChI=1S/C16H25NO.C8H10O2S/c1-2-16(10-5-11-16)15(18)9-4-7-13-6-3-8-14(13)12-17;1-2-3-6-4-5-7(11-6)8(9)10/h4,7,13-15,18H,2-3,5-6,8-11H2,1H3;4-5H,2-3H2,1H3,(H,9,10)/b7-4+;/t13?,14-,15?;/m1./s1. The number of carboxylic acid groups (broad SMARTS) is 1. The predicted molar refractivity (Wildman–Crippen MR) is 118 cm³/mol. The maximum Gasteiger partial charge on any atom is 0.345 e. The average Bonchev–Trinajstić information content (AvgIpc) is 3.31. The molecule has 0 radical (unpaired) electrons. The summed E-state index contributed by atoms with van der Waals surface area (Å²) in [5, 5.41) is 27.9. The van der Waals surface area contributed by atoms with Crippen LogP contribution in [0.3, 0.4) is 0 Å². The van der Waals surface area contributed by atoms with Crippen LogP contribution < -0.4 is 0 Å². The molecule has 2 aliphatic rings. The van der Waals surface area contributed by atoms with Gasteiger partial charge in [-0.15, -0.1) is 11.3 Å². The fraction of sp³-hybridized carbons (Fsp3) is 0.667. The highest BCUT2D eigenvalue weighted by Gasteiger charge is 2.41. The van der Waals surface area contributed by atoms with Crippen molar-refractivity contribution < 1.29 is 15.0 Å². The van der Waals surface area contributed by atoms with Gasteiger partial charge in [0.2, 0.25) is 0 Å². The summed E-state index contributed by atoms with van der Waals surface area (Å²) in [6, 6.07) is 5.95. The van der Waals surface area contributed by atoms with Crippen LogP contribution in [0.25, 0.3) is 0 Å². The lowest BCUT2D eigenvalue weighted by molar-refractivity contribution is -0.0355. The third kappa shape index (κ3) is 6.42. The molecule has 29 heavy (non-hydrogen) atoms. The first-order valence-corrected chi connectivity index (χ1v) is 11.8. The van der Waals surface area contributed by atoms with Gasteiger partial charge in [-0.25, -0.2) is 4.79 Å². The Hall–Kier alpha value is -1.64. The fourth-order valence-electron chi connectivity index (χ4n) is 4.44. The quantitative estimate of drug-likeness (QED) is 0.492. The van der Waals surface area contributed by atoms with Crippen molar-refractivity contribution in [2.24, 2.45) is 17.3 Å². The molecule has 0 bridgehead atoms. The molecule has 1 heterocycles. The minimum Gasteiger partial charge on any atom is -0.477 e. The van der Waals surface area contributed by atoms with Gasteiger partial charge in [-0.1, -0.05) is 45.3 Å². The predicted octanol–water partition coefficient (Wildman–Crippen LogP) is 6.21. The van der Waals surface area contributed by atoms with E-state index in [1.165, 1.54) is 37.0 Å². The summed E-state index contributed by atoms with van der Waals surface area (Å²) in [6.45, 7) is 4.27. The van der Waals surface area contributed by atoms with Gasteiger partial charge >= 0.3 is 5.97 Å². The first-order chi connectivity index (χ1) is 14.0. The van der Waals surface area contributed by atoms with Gasteiger partial charge in [-0.05, 0) is 68.4 Å². The van der Waals surface area contributed by atoms with Crippen LogP contribution in [0.15, 0.2) is 24.3 Å². The molecule has 4 nitrogen and oxygen atoms in total. The van der Waals surface area contributed by atoms with Gasteiger partial charge in [-0.3, -0.25) is 0 Å². The van der Waals surface area contributed by atoms with Crippen LogP contribution in [0, 0.1) is 28.6 Å². The van der Waals surface area contributed by atoms with Crippen LogP contribution in [0.4, 0.5) is 0 Å². The van der Waals surface area contributed by atoms with E-state index in [0.717, 1.165) is 43.4 Å². The molecule has 2 saturated carbocycles. The van der Waals surface area contributed by atoms with Crippen molar-refractivity contribution in [2.75, 3.05) is 0 Å². The Kier molecular flexibility index (Phi) is 9.39. The van der Waals surface area contributed by atoms with Crippen molar-refractivity contribution in [3.63, 3.8) is 0 Å². The van der Waals surface area contributed by atoms with Gasteiger partial charge in [0.25, 0.3) is 0 Å². The summed E-state index contributed by atoms with van der Waals surface area (Å²) in [5.41, 5.74) is 0.203. The van der Waals surface area contributed by atoms with E-state index < -0.39 is 5.97 Å². The number of aromatic carboxylic acids is 1. The van der Waals surface area contributed by atoms with Gasteiger partial charge in [0.15, 0.2) is 0 Å². The number of hydrogen-bond acceptors (Lipinski definition) is 4. The number of allylic oxidation sites excluding steroid dienone is 1. The third-order valence-corrected chi connectivity index (χ3v) is 7.74. The Balaban J connectivity index is 0.000000234. The summed E-state index contributed by atoms with van der Waals surface area (Å²) >= 11 is 1.37. The summed E-state index contributed by atoms with van der Waals surface area (Å²) in [7, 11) is 0. The molecule has 0 spiro atoms. The van der Waals surface area contributed by atoms with Crippen molar-refractivity contribution in [1.82, 2.24) is 0 Å². The van der Waals surface area contributed by atoms with E-state index in [-0.39, 0.29) is 17.4 Å². The summed E-state index contributed by atoms with van der Waals surface area (Å²) < 4.78 is 0. The van der Waals surface area contributed by atoms with Gasteiger partial charge in [-0.2, -0.15) is 5.26 Å². The SMILES string of the molecule is CCC1(C(O)C/C=C/C2CCC[C@@H]2C#N)CCC1.CCCc1ccc(C(=O)O)s1. The topological polar surface area (TPSA) is 81.3 Å². The van der Waals surface area contributed by atoms with Gasteiger partial charge < -0.3 is 10.2 Å². The molecule has 1 aromatic rings. The van der Waals surface area contributed by atoms with E-state index in [2.05, 4.69) is 32.1 Å². The lowest BCUT2D eigenvalue weighted by atomic mass is 9.63. The van der Waals surface area contributed by atoms with E-state index in [9.17, 15) is 9.90 Å². The molecule has 5 heteroatoms. The fourth-order valence-corrected chi connectivity index (χ4v) is 5.39. The number of nitriles is 1. The molecule has 2 aliphatic carbocycles. The Morgan fingerprint density at radius 2 is 2.10 bits per heavy atom. The number of nitrogens with zero attached hydrogens (tertiary/aromatic N) is 1. The zero-order valence-electron chi connectivity index (χ0n) is 17.8. The molecule has 1 aromatic heterocycles. The monoisotopic (exact) mass is 417 g/mol. The van der Waals surface area contributed by atoms with Gasteiger partial charge in [0.1, 0.15) is 4.88 Å². The van der Waals surface area contributed by atoms with E-state index in [0.29, 0.717) is 10.8 Å². The molecule has 0 aliphatic heterocycles. The average molecular weight is 418 g/mol. The van der Waals surface area contributed by atoms with Crippen molar-refractivity contribution in [3.05, 3.63) is 34.0 Å². The molecule has 2 unspecified atom stereocenters. The van der Waals surface area contributed by atoms with Gasteiger partial charge in [0.05, 0.1) is 18.1 Å². The molecule has 0 aromatic carbocycles. The number of aryl methyl sites for hydroxylation is 1. The lowest BCUT2D eigenvalue weighted by Crippen LogP contribution is -2.40. The summed E-state index contributed by atoms with van der Waals surface area (Å²) in [4.78, 5) is 12.0. The summed E-state index contributed by atoms with van der Waals surface area (Å²) in [6.07, 6.45) is 15.0. The van der Waals surface area contributed by atoms with E-state index >= 15 is 0 Å². The highest BCUT2D eigenvalue weighted by Crippen LogP contribution is 2.47. The molecule has 2 fully saturated rings. The number of carboxylic acids is 1. The lowest BCUT2D eigenvalue weighted by Gasteiger charge is -2.45. The number of aliphatic hydroxyl groups is 1. The molecular formula is C24H35NO3S. The zero-order chi connectivity index (χ0) is 21.3. The third-order valence-electron chi connectivity index (χ3n) is 6.61. The Morgan fingerprint density at radius 1 is 1.34 bits per heavy atom. The van der Waals surface area contributed by atoms with Crippen molar-refractivity contribution >= 4 is 17.3 Å². The first-order valence-electron chi connectivity index (χ1n) is 11.0. The highest BCUT2D eigenvalue weighted by molar-refractivity contribution is 7.13. The second kappa shape index (κ2) is 11.5. The van der Waals surface area contributed by atoms with Crippen molar-refractivity contribution in [1.29, 1.82) is 5.26 Å². The van der Waals surface area contributed by atoms with Crippen molar-refractivity contribution in [2.45, 2.75) is 84.2 Å². The van der Waals surface area contributed by atoms with Crippen LogP contribution in [-0.4, -0.2) is 22.3 Å². The van der Waals surface area contributed by atoms with E-state index in [1.807, 2.05) is 6.07 Å². The van der Waals surface area contributed by atoms with Crippen molar-refractivity contribution in [3.8, 4) is 6.07 Å². The Labute approximate surface area is 179 Å². The second-order valence-corrected chi connectivity index (χ2v) is 9.57. The molecule has 160 valence electrons. The minimum atomic E-state index is -0.822. The minimum absolute atomic E-state index is 0.186. The molecule has 2 N–H and O–H groups in total. The number of rotatable bonds is 8. The molecular weight excluding hydrogens is 382 g/mol. The highest BCUT2D eigenvalue weighted by atomic mass is 32.1. The second-order valence-electron chi connectivity index (χ2n) is 8.40. The largest absolute Gasteiger partial charge is 0.477 e. The molecule has 3 rings (SSSR count). The number of thiophene rings is 1. The first kappa shape index (κ1) is 23.6. The molecule has 3 atom stereocenters. The van der Waals surface area contributed by atoms with Gasteiger partial charge in [0, 0.05) is 4.88 Å². The smallest absolute Gasteiger partial charge is 0.345 e. The van der Waals surface area contributed by atoms with Crippen LogP contribution in [0.5, 0.6) is 0 Å². The Bertz CT molecular complexity index is 708. The maximum absolute atomic E-state index is 10.4. The summed E-state index contributed by atoms with van der Waals surface area (Å²) in [5.74, 6) is -0.180. The van der Waals surface area contributed by atoms with E-state index in [1.54, 1.807) is 6.07 Å². The Morgan fingerprint density at radius 3 is 2.62 bits per heavy atom. The van der Waals surface area contributed by atoms with Crippen LogP contribution >= 0.6 is 11.3 Å². The maximum atomic E-state index is 10.4. The van der Waals surface area contributed by atoms with E-state index in [4.69, 9.17) is 10.4 Å². The molecule has 0 saturated heterocycles. The van der Waals surface area contributed by atoms with Crippen LogP contribution in [0.2, 0.25) is 0 Å². The van der Waals surface area contributed by atoms with Crippen LogP contribution in [0.1, 0.15) is 86.2 Å². The molecule has 0 amide bonds.